The minimum absolute atomic E-state index is 0.00420. The number of benzene rings is 1. The van der Waals surface area contributed by atoms with E-state index in [1.807, 2.05) is 25.1 Å². The summed E-state index contributed by atoms with van der Waals surface area (Å²) in [6.07, 6.45) is -0.121. The highest BCUT2D eigenvalue weighted by atomic mass is 32.2. The van der Waals surface area contributed by atoms with Gasteiger partial charge in [0.1, 0.15) is 0 Å². The molecule has 1 aromatic rings. The molecule has 1 aromatic carbocycles. The van der Waals surface area contributed by atoms with Crippen molar-refractivity contribution in [3.63, 3.8) is 0 Å². The minimum atomic E-state index is -1.08. The van der Waals surface area contributed by atoms with E-state index in [9.17, 15) is 19.2 Å². The molecule has 3 N–H and O–H groups in total. The first-order chi connectivity index (χ1) is 10.4. The Morgan fingerprint density at radius 3 is 2.73 bits per heavy atom. The largest absolute Gasteiger partial charge is 0.351 e. The third kappa shape index (κ3) is 3.64. The number of hydrogen-bond acceptors (Lipinski definition) is 5. The summed E-state index contributed by atoms with van der Waals surface area (Å²) in [5, 5.41) is 1.96. The fraction of sp³-hybridized carbons (Fsp3) is 0.286. The van der Waals surface area contributed by atoms with Gasteiger partial charge in [0.05, 0.1) is 11.0 Å². The molecule has 2 rings (SSSR count). The number of carbonyl (C=O) groups is 4. The maximum absolute atomic E-state index is 11.9. The quantitative estimate of drug-likeness (QED) is 0.800. The first-order valence-electron chi connectivity index (χ1n) is 6.53. The molecule has 0 spiro atoms. The second-order valence-corrected chi connectivity index (χ2v) is 6.02. The first-order valence-corrected chi connectivity index (χ1v) is 7.57. The van der Waals surface area contributed by atoms with E-state index >= 15 is 0 Å². The van der Waals surface area contributed by atoms with Gasteiger partial charge in [-0.15, -0.1) is 11.8 Å². The number of likely N-dealkylation sites (tertiary alicyclic amines) is 1. The van der Waals surface area contributed by atoms with Crippen molar-refractivity contribution in [3.05, 3.63) is 29.8 Å². The van der Waals surface area contributed by atoms with E-state index in [2.05, 4.69) is 5.32 Å². The van der Waals surface area contributed by atoms with Crippen LogP contribution in [0.2, 0.25) is 0 Å². The summed E-state index contributed by atoms with van der Waals surface area (Å²) in [6, 6.07) is 6.23. The number of nitrogens with zero attached hydrogens (tertiary/aromatic N) is 1. The van der Waals surface area contributed by atoms with Gasteiger partial charge in [0.2, 0.25) is 11.8 Å². The predicted octanol–water partition coefficient (Wildman–Crippen LogP) is 0.873. The van der Waals surface area contributed by atoms with Crippen LogP contribution in [0.5, 0.6) is 0 Å². The molecule has 1 atom stereocenters. The second kappa shape index (κ2) is 6.61. The summed E-state index contributed by atoms with van der Waals surface area (Å²) in [4.78, 5) is 46.6. The maximum atomic E-state index is 11.9. The summed E-state index contributed by atoms with van der Waals surface area (Å²) in [7, 11) is 0. The predicted molar refractivity (Wildman–Crippen MR) is 82.1 cm³/mol. The molecule has 0 bridgehead atoms. The van der Waals surface area contributed by atoms with Gasteiger partial charge in [0.25, 0.3) is 5.91 Å². The second-order valence-electron chi connectivity index (χ2n) is 4.83. The number of hydrogen-bond donors (Lipinski definition) is 2. The molecule has 1 aliphatic rings. The van der Waals surface area contributed by atoms with Crippen molar-refractivity contribution in [2.75, 3.05) is 11.1 Å². The molecule has 1 fully saturated rings. The number of aryl methyl sites for hydroxylation is 1. The van der Waals surface area contributed by atoms with Crippen molar-refractivity contribution in [1.82, 2.24) is 4.90 Å². The Morgan fingerprint density at radius 2 is 2.14 bits per heavy atom. The van der Waals surface area contributed by atoms with E-state index in [0.29, 0.717) is 10.6 Å². The number of nitrogens with two attached hydrogens (primary N) is 1. The zero-order chi connectivity index (χ0) is 16.3. The lowest BCUT2D eigenvalue weighted by Crippen LogP contribution is -2.41. The fourth-order valence-electron chi connectivity index (χ4n) is 2.06. The molecule has 7 nitrogen and oxygen atoms in total. The molecule has 1 unspecified atom stereocenters. The molecular formula is C14H15N3O4S. The fourth-order valence-corrected chi connectivity index (χ4v) is 3.00. The van der Waals surface area contributed by atoms with Crippen molar-refractivity contribution >= 4 is 41.2 Å². The molecule has 5 amide bonds. The van der Waals surface area contributed by atoms with Gasteiger partial charge in [-0.1, -0.05) is 12.1 Å². The normalized spacial score (nSPS) is 17.7. The van der Waals surface area contributed by atoms with E-state index in [0.717, 1.165) is 17.3 Å². The average Bonchev–Trinajstić information content (AvgIpc) is 2.71. The Balaban J connectivity index is 1.88. The van der Waals surface area contributed by atoms with Crippen molar-refractivity contribution in [2.24, 2.45) is 5.73 Å². The van der Waals surface area contributed by atoms with E-state index < -0.39 is 23.1 Å². The topological polar surface area (TPSA) is 110 Å². The van der Waals surface area contributed by atoms with Crippen LogP contribution in [0.4, 0.5) is 10.5 Å². The number of thioether (sulfide) groups is 1. The van der Waals surface area contributed by atoms with Gasteiger partial charge in [-0.05, 0) is 24.6 Å². The number of anilines is 1. The van der Waals surface area contributed by atoms with Crippen LogP contribution in [0, 0.1) is 6.92 Å². The van der Waals surface area contributed by atoms with Gasteiger partial charge in [-0.25, -0.2) is 4.79 Å². The van der Waals surface area contributed by atoms with Crippen LogP contribution in [0.1, 0.15) is 12.0 Å². The summed E-state index contributed by atoms with van der Waals surface area (Å²) >= 11 is 1.02. The molecule has 1 saturated heterocycles. The maximum Gasteiger partial charge on any atom is 0.328 e. The molecule has 8 heteroatoms. The van der Waals surface area contributed by atoms with Gasteiger partial charge >= 0.3 is 6.03 Å². The van der Waals surface area contributed by atoms with Crippen molar-refractivity contribution in [3.8, 4) is 0 Å². The lowest BCUT2D eigenvalue weighted by Gasteiger charge is -2.10. The first kappa shape index (κ1) is 16.0. The van der Waals surface area contributed by atoms with Crippen LogP contribution >= 0.6 is 11.8 Å². The monoisotopic (exact) mass is 321 g/mol. The number of urea groups is 1. The molecule has 0 aliphatic carbocycles. The van der Waals surface area contributed by atoms with Gasteiger partial charge < -0.3 is 11.1 Å². The summed E-state index contributed by atoms with van der Waals surface area (Å²) in [5.74, 6) is -1.57. The van der Waals surface area contributed by atoms with Crippen LogP contribution in [-0.2, 0) is 14.4 Å². The molecule has 1 aliphatic heterocycles. The van der Waals surface area contributed by atoms with E-state index in [1.54, 1.807) is 6.07 Å². The number of amides is 5. The van der Waals surface area contributed by atoms with Gasteiger partial charge in [0, 0.05) is 12.1 Å². The zero-order valence-corrected chi connectivity index (χ0v) is 12.7. The van der Waals surface area contributed by atoms with E-state index in [4.69, 9.17) is 5.73 Å². The minimum Gasteiger partial charge on any atom is -0.351 e. The Hall–Kier alpha value is -2.35. The number of imide groups is 3. The molecule has 0 saturated carbocycles. The van der Waals surface area contributed by atoms with Gasteiger partial charge in [-0.2, -0.15) is 4.90 Å². The molecule has 0 radical (unpaired) electrons. The highest BCUT2D eigenvalue weighted by Gasteiger charge is 2.42. The Kier molecular flexibility index (Phi) is 4.81. The summed E-state index contributed by atoms with van der Waals surface area (Å²) in [5.41, 5.74) is 6.65. The molecule has 0 aromatic heterocycles. The summed E-state index contributed by atoms with van der Waals surface area (Å²) in [6.45, 7) is 1.91. The van der Waals surface area contributed by atoms with Gasteiger partial charge in [-0.3, -0.25) is 14.4 Å². The van der Waals surface area contributed by atoms with Crippen LogP contribution in [-0.4, -0.2) is 39.7 Å². The molecule has 1 heterocycles. The Morgan fingerprint density at radius 1 is 1.41 bits per heavy atom. The summed E-state index contributed by atoms with van der Waals surface area (Å²) < 4.78 is 0. The van der Waals surface area contributed by atoms with Crippen LogP contribution in [0.15, 0.2) is 24.3 Å². The number of primary amides is 1. The van der Waals surface area contributed by atoms with Crippen LogP contribution in [0.3, 0.4) is 0 Å². The third-order valence-electron chi connectivity index (χ3n) is 3.04. The lowest BCUT2D eigenvalue weighted by atomic mass is 10.2. The van der Waals surface area contributed by atoms with E-state index in [-0.39, 0.29) is 18.1 Å². The molecule has 22 heavy (non-hydrogen) atoms. The average molecular weight is 321 g/mol. The van der Waals surface area contributed by atoms with Crippen LogP contribution < -0.4 is 11.1 Å². The van der Waals surface area contributed by atoms with E-state index in [1.165, 1.54) is 0 Å². The van der Waals surface area contributed by atoms with Crippen molar-refractivity contribution < 1.29 is 19.2 Å². The van der Waals surface area contributed by atoms with Crippen LogP contribution in [0.25, 0.3) is 0 Å². The lowest BCUT2D eigenvalue weighted by molar-refractivity contribution is -0.134. The standard InChI is InChI=1S/C14H15N3O4S/c1-8-3-2-4-9(5-8)16-11(18)7-22-10-6-12(19)17(13(10)20)14(15)21/h2-5,10H,6-7H2,1H3,(H2,15,21)(H,16,18). The number of nitrogens with one attached hydrogen (secondary N) is 1. The highest BCUT2D eigenvalue weighted by molar-refractivity contribution is 8.01. The number of rotatable bonds is 4. The molecular weight excluding hydrogens is 306 g/mol. The Labute approximate surface area is 131 Å². The molecule has 116 valence electrons. The van der Waals surface area contributed by atoms with Crippen molar-refractivity contribution in [2.45, 2.75) is 18.6 Å². The third-order valence-corrected chi connectivity index (χ3v) is 4.24. The van der Waals surface area contributed by atoms with Gasteiger partial charge in [0.15, 0.2) is 0 Å². The van der Waals surface area contributed by atoms with Crippen molar-refractivity contribution in [1.29, 1.82) is 0 Å². The zero-order valence-electron chi connectivity index (χ0n) is 11.9. The smallest absolute Gasteiger partial charge is 0.328 e. The number of carbonyl (C=O) groups excluding carboxylic acids is 4. The highest BCUT2D eigenvalue weighted by Crippen LogP contribution is 2.25. The Bertz CT molecular complexity index is 647. The SMILES string of the molecule is Cc1cccc(NC(=O)CSC2CC(=O)N(C(N)=O)C2=O)c1.